The van der Waals surface area contributed by atoms with E-state index in [-0.39, 0.29) is 42.2 Å². The predicted octanol–water partition coefficient (Wildman–Crippen LogP) is 6.27. The Morgan fingerprint density at radius 1 is 0.898 bits per heavy atom. The highest BCUT2D eigenvalue weighted by Crippen LogP contribution is 2.38. The number of amides is 5. The normalized spacial score (nSPS) is 15.9. The van der Waals surface area contributed by atoms with E-state index in [1.165, 1.54) is 17.4 Å². The molecule has 314 valence electrons. The molecule has 0 saturated carbocycles. The minimum atomic E-state index is -0.668. The molecule has 1 saturated heterocycles. The number of aryl methyl sites for hydroxylation is 1. The lowest BCUT2D eigenvalue weighted by Crippen LogP contribution is -2.46. The van der Waals surface area contributed by atoms with E-state index in [0.717, 1.165) is 94.0 Å². The lowest BCUT2D eigenvalue weighted by molar-refractivity contribution is -0.125. The van der Waals surface area contributed by atoms with Crippen LogP contribution in [-0.2, 0) is 33.9 Å². The Bertz CT molecular complexity index is 2060. The van der Waals surface area contributed by atoms with Crippen molar-refractivity contribution in [3.63, 3.8) is 0 Å². The molecular formula is C46H57N5O8. The van der Waals surface area contributed by atoms with Gasteiger partial charge in [0.05, 0.1) is 37.1 Å². The first-order valence-corrected chi connectivity index (χ1v) is 21.0. The molecule has 1 unspecified atom stereocenters. The molecule has 3 aromatic carbocycles. The number of hydrogen-bond acceptors (Lipinski definition) is 9. The fourth-order valence-corrected chi connectivity index (χ4v) is 8.82. The Labute approximate surface area is 346 Å². The van der Waals surface area contributed by atoms with E-state index in [1.54, 1.807) is 43.3 Å². The Hall–Kier alpha value is -5.56. The quantitative estimate of drug-likeness (QED) is 0.0764. The number of fused-ring (bicyclic) bond motifs is 2. The minimum Gasteiger partial charge on any atom is -0.493 e. The second-order valence-corrected chi connectivity index (χ2v) is 15.7. The number of nitrogens with one attached hydrogen (secondary N) is 2. The van der Waals surface area contributed by atoms with Gasteiger partial charge in [-0.3, -0.25) is 28.9 Å². The van der Waals surface area contributed by atoms with E-state index >= 15 is 0 Å². The monoisotopic (exact) mass is 807 g/mol. The number of nitrogens with zero attached hydrogens (tertiary/aromatic N) is 3. The van der Waals surface area contributed by atoms with Crippen LogP contribution >= 0.6 is 0 Å². The number of carbonyl (C=O) groups excluding carboxylic acids is 6. The third-order valence-corrected chi connectivity index (χ3v) is 11.8. The van der Waals surface area contributed by atoms with Gasteiger partial charge in [0.2, 0.25) is 11.8 Å². The number of carbonyl (C=O) groups is 6. The number of ether oxygens (including phenoxy) is 2. The van der Waals surface area contributed by atoms with Crippen LogP contribution in [0.25, 0.3) is 0 Å². The zero-order valence-corrected chi connectivity index (χ0v) is 34.8. The van der Waals surface area contributed by atoms with Gasteiger partial charge >= 0.3 is 0 Å². The van der Waals surface area contributed by atoms with Gasteiger partial charge in [0, 0.05) is 32.5 Å². The average molecular weight is 808 g/mol. The highest BCUT2D eigenvalue weighted by molar-refractivity contribution is 6.24. The highest BCUT2D eigenvalue weighted by Gasteiger charge is 2.40. The summed E-state index contributed by atoms with van der Waals surface area (Å²) in [5, 5.41) is 5.45. The van der Waals surface area contributed by atoms with E-state index < -0.39 is 11.9 Å². The fourth-order valence-electron chi connectivity index (χ4n) is 8.82. The number of likely N-dealkylation sites (N-methyl/N-ethyl adjacent to an activating group) is 1. The van der Waals surface area contributed by atoms with E-state index in [0.29, 0.717) is 53.8 Å². The first-order chi connectivity index (χ1) is 28.6. The van der Waals surface area contributed by atoms with Crippen LogP contribution in [-0.4, -0.2) is 97.0 Å². The van der Waals surface area contributed by atoms with Crippen molar-refractivity contribution in [1.82, 2.24) is 20.0 Å². The smallest absolute Gasteiger partial charge is 0.263 e. The van der Waals surface area contributed by atoms with Crippen molar-refractivity contribution in [2.45, 2.75) is 103 Å². The van der Waals surface area contributed by atoms with Crippen LogP contribution in [0.5, 0.6) is 11.5 Å². The number of methoxy groups -OCH3 is 1. The standard InChI is InChI=1S/C46H57N5O8/c1-5-59-41-27-32(17-18-40(41)58-4)28-51-45(56)36-25-31(26-38(48-30(2)53)42(36)46(51)57)13-9-7-6-8-10-21-49-22-19-33(20-23-49)34-14-11-15-35-37(34)29-50(44(35)55)39(16-12-24-52)43(54)47-3/h11,14-15,17-18,24-27,33,39H,5-10,12-13,16,19-23,28-29H2,1-4H3,(H,47,54)(H,48,53). The fraction of sp³-hybridized carbons (Fsp3) is 0.478. The van der Waals surface area contributed by atoms with Crippen LogP contribution in [0.3, 0.4) is 0 Å². The molecule has 0 radical (unpaired) electrons. The van der Waals surface area contributed by atoms with Gasteiger partial charge in [-0.2, -0.15) is 0 Å². The van der Waals surface area contributed by atoms with Crippen molar-refractivity contribution >= 4 is 41.5 Å². The van der Waals surface area contributed by atoms with Gasteiger partial charge in [0.1, 0.15) is 12.3 Å². The van der Waals surface area contributed by atoms with Crippen LogP contribution in [0.4, 0.5) is 5.69 Å². The predicted molar refractivity (Wildman–Crippen MR) is 224 cm³/mol. The summed E-state index contributed by atoms with van der Waals surface area (Å²) in [7, 11) is 3.11. The molecule has 1 fully saturated rings. The SMILES string of the molecule is CCOc1cc(CN2C(=O)c3cc(CCCCCCCN4CCC(c5cccc6c5CN(C(CCC=O)C(=O)NC)C6=O)CC4)cc(NC(C)=O)c3C2=O)ccc1OC. The first kappa shape index (κ1) is 43.0. The molecule has 0 aliphatic carbocycles. The van der Waals surface area contributed by atoms with Gasteiger partial charge in [0.25, 0.3) is 17.7 Å². The van der Waals surface area contributed by atoms with Gasteiger partial charge in [-0.05, 0) is 124 Å². The van der Waals surface area contributed by atoms with E-state index in [9.17, 15) is 28.8 Å². The Balaban J connectivity index is 0.962. The van der Waals surface area contributed by atoms with Crippen LogP contribution in [0, 0.1) is 0 Å². The molecule has 3 aliphatic rings. The summed E-state index contributed by atoms with van der Waals surface area (Å²) in [5.74, 6) is -0.0652. The Kier molecular flexibility index (Phi) is 14.5. The number of anilines is 1. The number of unbranched alkanes of at least 4 members (excludes halogenated alkanes) is 4. The Morgan fingerprint density at radius 2 is 1.66 bits per heavy atom. The van der Waals surface area contributed by atoms with Gasteiger partial charge in [0.15, 0.2) is 11.5 Å². The van der Waals surface area contributed by atoms with Gasteiger partial charge in [-0.25, -0.2) is 0 Å². The van der Waals surface area contributed by atoms with Crippen molar-refractivity contribution < 1.29 is 38.2 Å². The molecule has 5 amide bonds. The maximum atomic E-state index is 13.7. The minimum absolute atomic E-state index is 0.0614. The summed E-state index contributed by atoms with van der Waals surface area (Å²) in [5.41, 5.74) is 5.43. The maximum absolute atomic E-state index is 13.7. The van der Waals surface area contributed by atoms with E-state index in [4.69, 9.17) is 9.47 Å². The summed E-state index contributed by atoms with van der Waals surface area (Å²) in [6.07, 6.45) is 9.32. The number of hydrogen-bond donors (Lipinski definition) is 2. The largest absolute Gasteiger partial charge is 0.493 e. The molecule has 59 heavy (non-hydrogen) atoms. The molecule has 6 rings (SSSR count). The van der Waals surface area contributed by atoms with Gasteiger partial charge in [-0.15, -0.1) is 0 Å². The van der Waals surface area contributed by atoms with Crippen LogP contribution in [0.1, 0.15) is 131 Å². The molecule has 0 aromatic heterocycles. The van der Waals surface area contributed by atoms with Crippen LogP contribution < -0.4 is 20.1 Å². The highest BCUT2D eigenvalue weighted by atomic mass is 16.5. The Morgan fingerprint density at radius 3 is 2.37 bits per heavy atom. The number of rotatable bonds is 20. The van der Waals surface area contributed by atoms with Crippen LogP contribution in [0.15, 0.2) is 48.5 Å². The molecule has 3 heterocycles. The summed E-state index contributed by atoms with van der Waals surface area (Å²) >= 11 is 0. The van der Waals surface area contributed by atoms with Crippen LogP contribution in [0.2, 0.25) is 0 Å². The van der Waals surface area contributed by atoms with E-state index in [2.05, 4.69) is 21.6 Å². The zero-order chi connectivity index (χ0) is 42.1. The number of aldehydes is 1. The second-order valence-electron chi connectivity index (χ2n) is 15.7. The molecule has 3 aliphatic heterocycles. The average Bonchev–Trinajstić information content (AvgIpc) is 3.69. The molecule has 13 nitrogen and oxygen atoms in total. The lowest BCUT2D eigenvalue weighted by atomic mass is 9.85. The number of piperidine rings is 1. The van der Waals surface area contributed by atoms with Crippen molar-refractivity contribution in [3.05, 3.63) is 87.5 Å². The topological polar surface area (TPSA) is 155 Å². The third kappa shape index (κ3) is 9.84. The van der Waals surface area contributed by atoms with Crippen molar-refractivity contribution in [1.29, 1.82) is 0 Å². The first-order valence-electron chi connectivity index (χ1n) is 21.0. The van der Waals surface area contributed by atoms with E-state index in [1.807, 2.05) is 25.1 Å². The molecule has 0 spiro atoms. The number of likely N-dealkylation sites (tertiary alicyclic amines) is 1. The number of imide groups is 1. The van der Waals surface area contributed by atoms with Gasteiger partial charge < -0.3 is 34.7 Å². The summed E-state index contributed by atoms with van der Waals surface area (Å²) in [6.45, 7) is 7.19. The summed E-state index contributed by atoms with van der Waals surface area (Å²) < 4.78 is 11.1. The third-order valence-electron chi connectivity index (χ3n) is 11.8. The zero-order valence-electron chi connectivity index (χ0n) is 34.8. The molecule has 13 heteroatoms. The summed E-state index contributed by atoms with van der Waals surface area (Å²) in [4.78, 5) is 81.9. The van der Waals surface area contributed by atoms with Crippen molar-refractivity contribution in [2.75, 3.05) is 45.7 Å². The van der Waals surface area contributed by atoms with Crippen molar-refractivity contribution in [3.8, 4) is 11.5 Å². The molecule has 2 N–H and O–H groups in total. The lowest BCUT2D eigenvalue weighted by Gasteiger charge is -2.33. The maximum Gasteiger partial charge on any atom is 0.263 e. The molecule has 0 bridgehead atoms. The molecule has 3 aromatic rings. The van der Waals surface area contributed by atoms with Crippen molar-refractivity contribution in [2.24, 2.45) is 0 Å². The van der Waals surface area contributed by atoms with Gasteiger partial charge in [-0.1, -0.05) is 37.5 Å². The number of benzene rings is 3. The molecule has 1 atom stereocenters. The summed E-state index contributed by atoms with van der Waals surface area (Å²) in [6, 6.07) is 14.2. The molecular weight excluding hydrogens is 751 g/mol. The second kappa shape index (κ2) is 19.9.